The van der Waals surface area contributed by atoms with E-state index in [1.54, 1.807) is 0 Å². The maximum atomic E-state index is 11.1. The van der Waals surface area contributed by atoms with Crippen LogP contribution in [0.25, 0.3) is 0 Å². The SMILES string of the molecule is NC(=O)C(=O)NOC(F)(F)F. The van der Waals surface area contributed by atoms with E-state index in [9.17, 15) is 22.8 Å². The molecule has 0 saturated carbocycles. The summed E-state index contributed by atoms with van der Waals surface area (Å²) < 4.78 is 33.3. The summed E-state index contributed by atoms with van der Waals surface area (Å²) in [7, 11) is 0. The summed E-state index contributed by atoms with van der Waals surface area (Å²) in [6.07, 6.45) is -5.02. The zero-order valence-electron chi connectivity index (χ0n) is 4.94. The molecule has 0 aliphatic rings. The zero-order valence-corrected chi connectivity index (χ0v) is 4.94. The number of nitrogens with two attached hydrogens (primary N) is 1. The molecule has 0 saturated heterocycles. The minimum Gasteiger partial charge on any atom is -0.361 e. The molecular formula is C3H3F3N2O3. The molecule has 0 aliphatic heterocycles. The molecule has 0 spiro atoms. The molecular weight excluding hydrogens is 169 g/mol. The Kier molecular flexibility index (Phi) is 2.81. The first-order valence-corrected chi connectivity index (χ1v) is 2.17. The van der Waals surface area contributed by atoms with E-state index >= 15 is 0 Å². The lowest BCUT2D eigenvalue weighted by molar-refractivity contribution is -0.345. The van der Waals surface area contributed by atoms with Crippen LogP contribution in [0.3, 0.4) is 0 Å². The number of hydrogen-bond donors (Lipinski definition) is 2. The molecule has 64 valence electrons. The molecule has 0 aliphatic carbocycles. The van der Waals surface area contributed by atoms with Crippen LogP contribution in [-0.4, -0.2) is 18.2 Å². The van der Waals surface area contributed by atoms with Gasteiger partial charge in [0.2, 0.25) is 0 Å². The van der Waals surface area contributed by atoms with Crippen LogP contribution in [0.4, 0.5) is 13.2 Å². The van der Waals surface area contributed by atoms with Crippen LogP contribution in [-0.2, 0) is 14.4 Å². The minimum atomic E-state index is -5.02. The third-order valence-corrected chi connectivity index (χ3v) is 0.483. The van der Waals surface area contributed by atoms with Gasteiger partial charge in [-0.3, -0.25) is 9.59 Å². The van der Waals surface area contributed by atoms with Crippen LogP contribution in [0.15, 0.2) is 0 Å². The van der Waals surface area contributed by atoms with Crippen LogP contribution in [0.5, 0.6) is 0 Å². The van der Waals surface area contributed by atoms with Gasteiger partial charge >= 0.3 is 18.2 Å². The number of halogens is 3. The fraction of sp³-hybridized carbons (Fsp3) is 0.333. The van der Waals surface area contributed by atoms with Crippen molar-refractivity contribution in [2.45, 2.75) is 6.36 Å². The van der Waals surface area contributed by atoms with E-state index < -0.39 is 18.2 Å². The molecule has 0 rings (SSSR count). The Bertz CT molecular complexity index is 177. The minimum absolute atomic E-state index is 0.784. The van der Waals surface area contributed by atoms with Crippen LogP contribution < -0.4 is 11.2 Å². The van der Waals surface area contributed by atoms with Gasteiger partial charge in [-0.2, -0.15) is 4.84 Å². The fourth-order valence-corrected chi connectivity index (χ4v) is 0.155. The molecule has 0 aromatic carbocycles. The summed E-state index contributed by atoms with van der Waals surface area (Å²) in [6, 6.07) is 0. The first-order chi connectivity index (χ1) is 4.83. The van der Waals surface area contributed by atoms with Gasteiger partial charge in [0.05, 0.1) is 0 Å². The third kappa shape index (κ3) is 5.15. The van der Waals surface area contributed by atoms with Crippen molar-refractivity contribution < 1.29 is 27.6 Å². The van der Waals surface area contributed by atoms with Crippen molar-refractivity contribution in [1.29, 1.82) is 0 Å². The number of primary amides is 1. The highest BCUT2D eigenvalue weighted by Gasteiger charge is 2.31. The second-order valence-corrected chi connectivity index (χ2v) is 1.34. The molecule has 0 heterocycles. The molecule has 0 unspecified atom stereocenters. The molecule has 8 heteroatoms. The summed E-state index contributed by atoms with van der Waals surface area (Å²) in [4.78, 5) is 22.5. The lowest BCUT2D eigenvalue weighted by atomic mass is 10.6. The molecule has 3 N–H and O–H groups in total. The van der Waals surface area contributed by atoms with Gasteiger partial charge in [-0.25, -0.2) is 5.48 Å². The average Bonchev–Trinajstić information content (AvgIpc) is 1.80. The second-order valence-electron chi connectivity index (χ2n) is 1.34. The number of carbonyl (C=O) groups excluding carboxylic acids is 2. The van der Waals surface area contributed by atoms with Gasteiger partial charge in [-0.15, -0.1) is 13.2 Å². The van der Waals surface area contributed by atoms with Crippen molar-refractivity contribution in [1.82, 2.24) is 5.48 Å². The Hall–Kier alpha value is -1.31. The summed E-state index contributed by atoms with van der Waals surface area (Å²) >= 11 is 0. The highest BCUT2D eigenvalue weighted by molar-refractivity contribution is 6.34. The predicted molar refractivity (Wildman–Crippen MR) is 24.5 cm³/mol. The summed E-state index contributed by atoms with van der Waals surface area (Å²) in [5, 5.41) is 0. The normalized spacial score (nSPS) is 10.8. The largest absolute Gasteiger partial charge is 0.543 e. The lowest BCUT2D eigenvalue weighted by Crippen LogP contribution is -2.39. The van der Waals surface area contributed by atoms with E-state index in [0.29, 0.717) is 0 Å². The topological polar surface area (TPSA) is 81.4 Å². The molecule has 0 atom stereocenters. The molecule has 2 amide bonds. The van der Waals surface area contributed by atoms with Crippen molar-refractivity contribution in [3.63, 3.8) is 0 Å². The first-order valence-electron chi connectivity index (χ1n) is 2.17. The van der Waals surface area contributed by atoms with E-state index in [4.69, 9.17) is 0 Å². The quantitative estimate of drug-likeness (QED) is 0.394. The van der Waals surface area contributed by atoms with Gasteiger partial charge < -0.3 is 5.73 Å². The van der Waals surface area contributed by atoms with Gasteiger partial charge in [0.15, 0.2) is 0 Å². The smallest absolute Gasteiger partial charge is 0.361 e. The molecule has 5 nitrogen and oxygen atoms in total. The van der Waals surface area contributed by atoms with Crippen molar-refractivity contribution in [2.75, 3.05) is 0 Å². The molecule has 0 bridgehead atoms. The maximum absolute atomic E-state index is 11.1. The number of hydroxylamine groups is 1. The van der Waals surface area contributed by atoms with E-state index in [0.717, 1.165) is 5.48 Å². The number of rotatable bonds is 1. The van der Waals surface area contributed by atoms with Gasteiger partial charge in [0.1, 0.15) is 0 Å². The van der Waals surface area contributed by atoms with Crippen LogP contribution in [0, 0.1) is 0 Å². The van der Waals surface area contributed by atoms with Crippen LogP contribution in [0.1, 0.15) is 0 Å². The summed E-state index contributed by atoms with van der Waals surface area (Å²) in [6.45, 7) is 0. The van der Waals surface area contributed by atoms with E-state index in [1.807, 2.05) is 0 Å². The highest BCUT2D eigenvalue weighted by Crippen LogP contribution is 2.13. The second kappa shape index (κ2) is 3.19. The standard InChI is InChI=1S/C3H3F3N2O3/c4-3(5,6)11-8-2(10)1(7)9/h(H2,7,9)(H,8,10). The molecule has 11 heavy (non-hydrogen) atoms. The van der Waals surface area contributed by atoms with Gasteiger partial charge in [0, 0.05) is 0 Å². The number of alkyl halides is 3. The number of amides is 2. The lowest BCUT2D eigenvalue weighted by Gasteiger charge is -2.04. The van der Waals surface area contributed by atoms with Crippen LogP contribution in [0.2, 0.25) is 0 Å². The maximum Gasteiger partial charge on any atom is 0.543 e. The summed E-state index contributed by atoms with van der Waals surface area (Å²) in [5.74, 6) is -3.23. The van der Waals surface area contributed by atoms with Gasteiger partial charge in [0.25, 0.3) is 0 Å². The Labute approximate surface area is 58.2 Å². The van der Waals surface area contributed by atoms with Crippen LogP contribution >= 0.6 is 0 Å². The van der Waals surface area contributed by atoms with Gasteiger partial charge in [-0.05, 0) is 0 Å². The van der Waals surface area contributed by atoms with Gasteiger partial charge in [-0.1, -0.05) is 0 Å². The predicted octanol–water partition coefficient (Wildman–Crippen LogP) is -0.961. The molecule has 0 aromatic rings. The highest BCUT2D eigenvalue weighted by atomic mass is 19.4. The van der Waals surface area contributed by atoms with Crippen molar-refractivity contribution in [3.8, 4) is 0 Å². The first kappa shape index (κ1) is 9.69. The Morgan fingerprint density at radius 1 is 1.36 bits per heavy atom. The van der Waals surface area contributed by atoms with Crippen molar-refractivity contribution >= 4 is 11.8 Å². The number of carbonyl (C=O) groups is 2. The molecule has 0 fully saturated rings. The Balaban J connectivity index is 3.73. The number of hydrogen-bond acceptors (Lipinski definition) is 3. The van der Waals surface area contributed by atoms with E-state index in [-0.39, 0.29) is 0 Å². The van der Waals surface area contributed by atoms with Crippen molar-refractivity contribution in [2.24, 2.45) is 5.73 Å². The molecule has 0 aromatic heterocycles. The number of nitrogens with one attached hydrogen (secondary N) is 1. The monoisotopic (exact) mass is 172 g/mol. The Morgan fingerprint density at radius 3 is 2.09 bits per heavy atom. The van der Waals surface area contributed by atoms with E-state index in [1.165, 1.54) is 0 Å². The molecule has 0 radical (unpaired) electrons. The fourth-order valence-electron chi connectivity index (χ4n) is 0.155. The average molecular weight is 172 g/mol. The summed E-state index contributed by atoms with van der Waals surface area (Å²) in [5.41, 5.74) is 5.05. The van der Waals surface area contributed by atoms with E-state index in [2.05, 4.69) is 10.6 Å². The van der Waals surface area contributed by atoms with Crippen molar-refractivity contribution in [3.05, 3.63) is 0 Å². The zero-order chi connectivity index (χ0) is 9.07. The Morgan fingerprint density at radius 2 is 1.82 bits per heavy atom. The third-order valence-electron chi connectivity index (χ3n) is 0.483.